The quantitative estimate of drug-likeness (QED) is 0.304. The number of rotatable bonds is 8. The lowest BCUT2D eigenvalue weighted by molar-refractivity contribution is -0.0198. The number of guanidine groups is 1. The van der Waals surface area contributed by atoms with Gasteiger partial charge in [-0.25, -0.2) is 0 Å². The first kappa shape index (κ1) is 22.3. The predicted octanol–water partition coefficient (Wildman–Crippen LogP) is 2.23. The lowest BCUT2D eigenvalue weighted by Gasteiger charge is -2.45. The van der Waals surface area contributed by atoms with Crippen LogP contribution in [0.3, 0.4) is 0 Å². The van der Waals surface area contributed by atoms with Crippen LogP contribution < -0.4 is 10.6 Å². The maximum atomic E-state index is 10.6. The molecular formula is C15H32IN3O2S. The van der Waals surface area contributed by atoms with Crippen LogP contribution in [0.25, 0.3) is 0 Å². The number of thioether (sulfide) groups is 1. The van der Waals surface area contributed by atoms with E-state index in [-0.39, 0.29) is 29.6 Å². The summed E-state index contributed by atoms with van der Waals surface area (Å²) in [7, 11) is 1.69. The Morgan fingerprint density at radius 3 is 2.55 bits per heavy atom. The van der Waals surface area contributed by atoms with Crippen LogP contribution in [0.1, 0.15) is 40.5 Å². The van der Waals surface area contributed by atoms with Crippen molar-refractivity contribution in [1.82, 2.24) is 10.6 Å². The number of nitrogens with zero attached hydrogens (tertiary/aromatic N) is 1. The third-order valence-electron chi connectivity index (χ3n) is 3.88. The Morgan fingerprint density at radius 1 is 1.41 bits per heavy atom. The number of nitrogens with one attached hydrogen (secondary N) is 2. The Kier molecular flexibility index (Phi) is 10.3. The highest BCUT2D eigenvalue weighted by Crippen LogP contribution is 2.40. The Morgan fingerprint density at radius 2 is 2.09 bits per heavy atom. The van der Waals surface area contributed by atoms with Crippen molar-refractivity contribution in [3.63, 3.8) is 0 Å². The molecule has 2 unspecified atom stereocenters. The van der Waals surface area contributed by atoms with Gasteiger partial charge in [0.1, 0.15) is 0 Å². The molecule has 0 aromatic rings. The molecule has 0 aromatic carbocycles. The Labute approximate surface area is 156 Å². The first-order valence-electron chi connectivity index (χ1n) is 7.78. The van der Waals surface area contributed by atoms with Crippen molar-refractivity contribution >= 4 is 41.7 Å². The van der Waals surface area contributed by atoms with Crippen molar-refractivity contribution in [2.75, 3.05) is 32.5 Å². The van der Waals surface area contributed by atoms with Crippen molar-refractivity contribution in [1.29, 1.82) is 0 Å². The SMILES string of the molecule is CCNC(=NCC(C)(C)OC)NCC1(O)CCC1SCC.I. The van der Waals surface area contributed by atoms with E-state index in [1.165, 1.54) is 0 Å². The second-order valence-electron chi connectivity index (χ2n) is 6.10. The maximum absolute atomic E-state index is 10.6. The molecule has 0 heterocycles. The summed E-state index contributed by atoms with van der Waals surface area (Å²) >= 11 is 1.84. The molecule has 0 saturated heterocycles. The molecule has 3 N–H and O–H groups in total. The molecule has 1 fully saturated rings. The predicted molar refractivity (Wildman–Crippen MR) is 107 cm³/mol. The standard InChI is InChI=1S/C15H31N3O2S.HI/c1-6-16-13(17-10-14(3,4)20-5)18-11-15(19)9-8-12(15)21-7-2;/h12,19H,6-11H2,1-5H3,(H2,16,17,18);1H. The van der Waals surface area contributed by atoms with E-state index < -0.39 is 5.60 Å². The third kappa shape index (κ3) is 6.80. The van der Waals surface area contributed by atoms with E-state index in [4.69, 9.17) is 4.74 Å². The number of hydrogen-bond donors (Lipinski definition) is 3. The number of halogens is 1. The summed E-state index contributed by atoms with van der Waals surface area (Å²) in [6.07, 6.45) is 1.96. The highest BCUT2D eigenvalue weighted by Gasteiger charge is 2.45. The van der Waals surface area contributed by atoms with Gasteiger partial charge in [-0.2, -0.15) is 11.8 Å². The van der Waals surface area contributed by atoms with Gasteiger partial charge in [-0.05, 0) is 39.4 Å². The number of ether oxygens (including phenoxy) is 1. The summed E-state index contributed by atoms with van der Waals surface area (Å²) in [6, 6.07) is 0. The molecule has 0 spiro atoms. The van der Waals surface area contributed by atoms with E-state index in [2.05, 4.69) is 22.5 Å². The van der Waals surface area contributed by atoms with E-state index in [0.29, 0.717) is 18.3 Å². The van der Waals surface area contributed by atoms with Crippen LogP contribution in [-0.2, 0) is 4.74 Å². The first-order chi connectivity index (χ1) is 9.87. The Bertz CT molecular complexity index is 356. The molecule has 1 aliphatic rings. The van der Waals surface area contributed by atoms with Gasteiger partial charge >= 0.3 is 0 Å². The molecule has 1 saturated carbocycles. The van der Waals surface area contributed by atoms with Gasteiger partial charge in [-0.3, -0.25) is 4.99 Å². The third-order valence-corrected chi connectivity index (χ3v) is 5.29. The van der Waals surface area contributed by atoms with Crippen LogP contribution in [0.2, 0.25) is 0 Å². The second-order valence-corrected chi connectivity index (χ2v) is 7.58. The second kappa shape index (κ2) is 10.2. The zero-order chi connectivity index (χ0) is 15.9. The normalized spacial score (nSPS) is 25.2. The molecular weight excluding hydrogens is 413 g/mol. The molecule has 0 radical (unpaired) electrons. The molecule has 0 amide bonds. The summed E-state index contributed by atoms with van der Waals surface area (Å²) in [5.41, 5.74) is -0.885. The smallest absolute Gasteiger partial charge is 0.191 e. The van der Waals surface area contributed by atoms with Crippen LogP contribution in [0.4, 0.5) is 0 Å². The topological polar surface area (TPSA) is 65.9 Å². The van der Waals surface area contributed by atoms with Gasteiger partial charge < -0.3 is 20.5 Å². The van der Waals surface area contributed by atoms with Crippen molar-refractivity contribution in [2.45, 2.75) is 57.0 Å². The highest BCUT2D eigenvalue weighted by atomic mass is 127. The van der Waals surface area contributed by atoms with Crippen LogP contribution in [-0.4, -0.2) is 60.0 Å². The summed E-state index contributed by atoms with van der Waals surface area (Å²) in [5.74, 6) is 1.78. The number of aliphatic hydroxyl groups is 1. The summed E-state index contributed by atoms with van der Waals surface area (Å²) in [6.45, 7) is 10.1. The number of hydrogen-bond acceptors (Lipinski definition) is 4. The van der Waals surface area contributed by atoms with Gasteiger partial charge in [0, 0.05) is 25.4 Å². The minimum atomic E-state index is -0.604. The van der Waals surface area contributed by atoms with Gasteiger partial charge in [-0.1, -0.05) is 6.92 Å². The molecule has 132 valence electrons. The van der Waals surface area contributed by atoms with E-state index in [9.17, 15) is 5.11 Å². The number of aliphatic imine (C=N–C) groups is 1. The van der Waals surface area contributed by atoms with E-state index in [0.717, 1.165) is 31.1 Å². The van der Waals surface area contributed by atoms with Gasteiger partial charge in [0.25, 0.3) is 0 Å². The summed E-state index contributed by atoms with van der Waals surface area (Å²) in [5, 5.41) is 17.4. The highest BCUT2D eigenvalue weighted by molar-refractivity contribution is 14.0. The minimum absolute atomic E-state index is 0. The molecule has 0 aliphatic heterocycles. The number of methoxy groups -OCH3 is 1. The van der Waals surface area contributed by atoms with Crippen molar-refractivity contribution in [2.24, 2.45) is 4.99 Å². The van der Waals surface area contributed by atoms with Crippen LogP contribution in [0.15, 0.2) is 4.99 Å². The molecule has 5 nitrogen and oxygen atoms in total. The molecule has 1 aliphatic carbocycles. The van der Waals surface area contributed by atoms with E-state index >= 15 is 0 Å². The van der Waals surface area contributed by atoms with Crippen LogP contribution in [0.5, 0.6) is 0 Å². The zero-order valence-electron chi connectivity index (χ0n) is 14.4. The monoisotopic (exact) mass is 445 g/mol. The van der Waals surface area contributed by atoms with Crippen LogP contribution in [0, 0.1) is 0 Å². The fourth-order valence-electron chi connectivity index (χ4n) is 2.15. The fraction of sp³-hybridized carbons (Fsp3) is 0.933. The minimum Gasteiger partial charge on any atom is -0.387 e. The molecule has 22 heavy (non-hydrogen) atoms. The average molecular weight is 445 g/mol. The summed E-state index contributed by atoms with van der Waals surface area (Å²) < 4.78 is 5.38. The molecule has 0 aromatic heterocycles. The Hall–Kier alpha value is 0.270. The van der Waals surface area contributed by atoms with E-state index in [1.807, 2.05) is 32.5 Å². The molecule has 2 atom stereocenters. The molecule has 0 bridgehead atoms. The van der Waals surface area contributed by atoms with Crippen molar-refractivity contribution in [3.8, 4) is 0 Å². The van der Waals surface area contributed by atoms with Gasteiger partial charge in [0.2, 0.25) is 0 Å². The molecule has 7 heteroatoms. The lowest BCUT2D eigenvalue weighted by atomic mass is 9.79. The van der Waals surface area contributed by atoms with E-state index in [1.54, 1.807) is 7.11 Å². The largest absolute Gasteiger partial charge is 0.387 e. The average Bonchev–Trinajstić information content (AvgIpc) is 2.46. The maximum Gasteiger partial charge on any atom is 0.191 e. The Balaban J connectivity index is 0.00000441. The van der Waals surface area contributed by atoms with Crippen molar-refractivity contribution < 1.29 is 9.84 Å². The van der Waals surface area contributed by atoms with Crippen LogP contribution >= 0.6 is 35.7 Å². The van der Waals surface area contributed by atoms with Crippen molar-refractivity contribution in [3.05, 3.63) is 0 Å². The van der Waals surface area contributed by atoms with Gasteiger partial charge in [-0.15, -0.1) is 24.0 Å². The molecule has 1 rings (SSSR count). The van der Waals surface area contributed by atoms with Gasteiger partial charge in [0.05, 0.1) is 17.7 Å². The zero-order valence-corrected chi connectivity index (χ0v) is 17.6. The fourth-order valence-corrected chi connectivity index (χ4v) is 3.35. The lowest BCUT2D eigenvalue weighted by Crippen LogP contribution is -2.58. The summed E-state index contributed by atoms with van der Waals surface area (Å²) in [4.78, 5) is 4.54. The first-order valence-corrected chi connectivity index (χ1v) is 8.83. The van der Waals surface area contributed by atoms with Gasteiger partial charge in [0.15, 0.2) is 5.96 Å².